The van der Waals surface area contributed by atoms with Crippen molar-refractivity contribution in [3.8, 4) is 22.8 Å². The van der Waals surface area contributed by atoms with Gasteiger partial charge in [-0.3, -0.25) is 4.98 Å². The highest BCUT2D eigenvalue weighted by Crippen LogP contribution is 2.39. The predicted molar refractivity (Wildman–Crippen MR) is 99.0 cm³/mol. The minimum Gasteiger partial charge on any atom is -0.508 e. The molecule has 2 aromatic heterocycles. The van der Waals surface area contributed by atoms with Gasteiger partial charge in [-0.1, -0.05) is 0 Å². The van der Waals surface area contributed by atoms with Gasteiger partial charge >= 0.3 is 0 Å². The zero-order valence-electron chi connectivity index (χ0n) is 13.7. The van der Waals surface area contributed by atoms with Gasteiger partial charge in [-0.05, 0) is 67.1 Å². The van der Waals surface area contributed by atoms with Crippen LogP contribution >= 0.6 is 0 Å². The molecule has 1 aliphatic rings. The van der Waals surface area contributed by atoms with E-state index in [-0.39, 0.29) is 11.5 Å². The molecule has 0 aliphatic heterocycles. The van der Waals surface area contributed by atoms with E-state index in [1.807, 2.05) is 12.3 Å². The Morgan fingerprint density at radius 1 is 0.880 bits per heavy atom. The number of pyridine rings is 1. The van der Waals surface area contributed by atoms with Gasteiger partial charge in [0.15, 0.2) is 0 Å². The van der Waals surface area contributed by atoms with Crippen molar-refractivity contribution >= 4 is 21.8 Å². The Morgan fingerprint density at radius 3 is 2.44 bits per heavy atom. The molecule has 4 nitrogen and oxygen atoms in total. The first-order chi connectivity index (χ1) is 12.2. The number of rotatable bonds is 1. The second-order valence-corrected chi connectivity index (χ2v) is 6.77. The third-order valence-corrected chi connectivity index (χ3v) is 5.20. The van der Waals surface area contributed by atoms with Crippen LogP contribution in [0, 0.1) is 0 Å². The van der Waals surface area contributed by atoms with Gasteiger partial charge in [-0.15, -0.1) is 0 Å². The smallest absolute Gasteiger partial charge is 0.119 e. The third kappa shape index (κ3) is 2.18. The zero-order valence-corrected chi connectivity index (χ0v) is 13.7. The maximum atomic E-state index is 9.90. The maximum Gasteiger partial charge on any atom is 0.119 e. The highest BCUT2D eigenvalue weighted by Gasteiger charge is 2.20. The van der Waals surface area contributed by atoms with Crippen molar-refractivity contribution in [1.82, 2.24) is 9.97 Å². The molecule has 2 aromatic carbocycles. The molecule has 0 unspecified atom stereocenters. The Balaban J connectivity index is 1.90. The number of aryl methyl sites for hydroxylation is 1. The molecule has 3 N–H and O–H groups in total. The van der Waals surface area contributed by atoms with E-state index < -0.39 is 0 Å². The Labute approximate surface area is 144 Å². The molecule has 0 bridgehead atoms. The van der Waals surface area contributed by atoms with Crippen molar-refractivity contribution in [2.45, 2.75) is 25.7 Å². The average molecular weight is 330 g/mol. The second kappa shape index (κ2) is 5.24. The fourth-order valence-corrected chi connectivity index (χ4v) is 4.16. The van der Waals surface area contributed by atoms with E-state index in [0.29, 0.717) is 0 Å². The van der Waals surface area contributed by atoms with Crippen molar-refractivity contribution in [2.24, 2.45) is 0 Å². The lowest BCUT2D eigenvalue weighted by Gasteiger charge is -2.23. The summed E-state index contributed by atoms with van der Waals surface area (Å²) >= 11 is 0. The number of phenolic OH excluding ortho intramolecular Hbond substituents is 2. The number of aromatic nitrogens is 2. The molecule has 0 amide bonds. The van der Waals surface area contributed by atoms with Gasteiger partial charge in [0.25, 0.3) is 0 Å². The summed E-state index contributed by atoms with van der Waals surface area (Å²) in [6.07, 6.45) is 6.24. The van der Waals surface area contributed by atoms with E-state index >= 15 is 0 Å². The molecule has 0 atom stereocenters. The summed E-state index contributed by atoms with van der Waals surface area (Å²) in [5, 5.41) is 22.3. The number of hydrogen-bond acceptors (Lipinski definition) is 3. The maximum absolute atomic E-state index is 9.90. The fourth-order valence-electron chi connectivity index (χ4n) is 4.16. The van der Waals surface area contributed by atoms with E-state index in [1.54, 1.807) is 12.1 Å². The summed E-state index contributed by atoms with van der Waals surface area (Å²) in [6, 6.07) is 11.0. The summed E-state index contributed by atoms with van der Waals surface area (Å²) in [6.45, 7) is 0. The molecular formula is C21H18N2O2. The second-order valence-electron chi connectivity index (χ2n) is 6.77. The van der Waals surface area contributed by atoms with E-state index in [4.69, 9.17) is 0 Å². The van der Waals surface area contributed by atoms with Crippen molar-refractivity contribution < 1.29 is 10.2 Å². The van der Waals surface area contributed by atoms with Crippen LogP contribution in [0.4, 0.5) is 0 Å². The number of fused-ring (bicyclic) bond motifs is 5. The topological polar surface area (TPSA) is 69.1 Å². The number of benzene rings is 2. The zero-order chi connectivity index (χ0) is 17.0. The van der Waals surface area contributed by atoms with Crippen molar-refractivity contribution in [1.29, 1.82) is 0 Å². The molecule has 1 aliphatic carbocycles. The van der Waals surface area contributed by atoms with Gasteiger partial charge in [0.2, 0.25) is 0 Å². The Morgan fingerprint density at radius 2 is 1.64 bits per heavy atom. The number of aromatic hydroxyl groups is 2. The summed E-state index contributed by atoms with van der Waals surface area (Å²) in [5.41, 5.74) is 6.56. The van der Waals surface area contributed by atoms with Crippen LogP contribution < -0.4 is 0 Å². The number of nitrogens with zero attached hydrogens (tertiary/aromatic N) is 1. The van der Waals surface area contributed by atoms with Gasteiger partial charge in [0.05, 0.1) is 5.52 Å². The van der Waals surface area contributed by atoms with Gasteiger partial charge in [0.1, 0.15) is 11.5 Å². The third-order valence-electron chi connectivity index (χ3n) is 5.20. The lowest BCUT2D eigenvalue weighted by Crippen LogP contribution is -2.07. The number of phenols is 2. The average Bonchev–Trinajstić information content (AvgIpc) is 3.08. The summed E-state index contributed by atoms with van der Waals surface area (Å²) in [5.74, 6) is 0.146. The van der Waals surface area contributed by atoms with E-state index in [2.05, 4.69) is 22.1 Å². The quantitative estimate of drug-likeness (QED) is 0.475. The molecule has 2 heterocycles. The lowest BCUT2D eigenvalue weighted by atomic mass is 9.85. The first-order valence-corrected chi connectivity index (χ1v) is 8.65. The van der Waals surface area contributed by atoms with Crippen LogP contribution in [0.1, 0.15) is 24.0 Å². The Hall–Kier alpha value is -3.01. The van der Waals surface area contributed by atoms with Crippen molar-refractivity contribution in [3.63, 3.8) is 0 Å². The van der Waals surface area contributed by atoms with Crippen LogP contribution in [-0.2, 0) is 12.8 Å². The molecule has 124 valence electrons. The normalized spacial score (nSPS) is 14.1. The van der Waals surface area contributed by atoms with Gasteiger partial charge < -0.3 is 15.2 Å². The summed E-state index contributed by atoms with van der Waals surface area (Å²) in [7, 11) is 0. The lowest BCUT2D eigenvalue weighted by molar-refractivity contribution is 0.451. The van der Waals surface area contributed by atoms with E-state index in [1.165, 1.54) is 34.4 Å². The molecule has 0 spiro atoms. The van der Waals surface area contributed by atoms with Gasteiger partial charge in [-0.2, -0.15) is 0 Å². The van der Waals surface area contributed by atoms with Crippen LogP contribution in [0.2, 0.25) is 0 Å². The highest BCUT2D eigenvalue weighted by molar-refractivity contribution is 6.08. The van der Waals surface area contributed by atoms with Crippen LogP contribution in [0.15, 0.2) is 42.6 Å². The molecule has 0 saturated carbocycles. The van der Waals surface area contributed by atoms with Gasteiger partial charge in [-0.25, -0.2) is 0 Å². The first-order valence-electron chi connectivity index (χ1n) is 8.65. The number of aromatic amines is 1. The molecular weight excluding hydrogens is 312 g/mol. The highest BCUT2D eigenvalue weighted by atomic mass is 16.3. The molecule has 4 aromatic rings. The Kier molecular flexibility index (Phi) is 3.01. The van der Waals surface area contributed by atoms with Crippen LogP contribution in [-0.4, -0.2) is 20.2 Å². The number of nitrogens with one attached hydrogen (secondary N) is 1. The SMILES string of the molecule is Oc1cc(O)cc(-c2[nH]c3ccc4nccc4c3c3c2CCCC3)c1. The molecule has 25 heavy (non-hydrogen) atoms. The molecule has 4 heteroatoms. The first kappa shape index (κ1) is 14.3. The fraction of sp³-hybridized carbons (Fsp3) is 0.190. The predicted octanol–water partition coefficient (Wildman–Crippen LogP) is 4.67. The van der Waals surface area contributed by atoms with Crippen molar-refractivity contribution in [3.05, 3.63) is 53.7 Å². The van der Waals surface area contributed by atoms with Crippen LogP contribution in [0.3, 0.4) is 0 Å². The molecule has 5 rings (SSSR count). The van der Waals surface area contributed by atoms with Crippen LogP contribution in [0.5, 0.6) is 11.5 Å². The van der Waals surface area contributed by atoms with E-state index in [0.717, 1.165) is 41.6 Å². The minimum absolute atomic E-state index is 0.0729. The largest absolute Gasteiger partial charge is 0.508 e. The summed E-state index contributed by atoms with van der Waals surface area (Å²) in [4.78, 5) is 8.00. The number of hydrogen-bond donors (Lipinski definition) is 3. The van der Waals surface area contributed by atoms with Crippen molar-refractivity contribution in [2.75, 3.05) is 0 Å². The standard InChI is InChI=1S/C21H18N2O2/c24-13-9-12(10-14(25)11-13)21-16-4-2-1-3-15(16)20-17-7-8-22-18(17)5-6-19(20)23-21/h5-11,23-25H,1-4H2. The van der Waals surface area contributed by atoms with Crippen LogP contribution in [0.25, 0.3) is 33.1 Å². The van der Waals surface area contributed by atoms with E-state index in [9.17, 15) is 10.2 Å². The molecule has 0 saturated heterocycles. The Bertz CT molecular complexity index is 1110. The summed E-state index contributed by atoms with van der Waals surface area (Å²) < 4.78 is 0. The molecule has 0 fully saturated rings. The minimum atomic E-state index is 0.0729. The monoisotopic (exact) mass is 330 g/mol. The molecule has 0 radical (unpaired) electrons. The van der Waals surface area contributed by atoms with Gasteiger partial charge in [0, 0.05) is 39.8 Å². The number of H-pyrrole nitrogens is 1.